The Bertz CT molecular complexity index is 769. The molecule has 0 saturated carbocycles. The molecule has 0 bridgehead atoms. The van der Waals surface area contributed by atoms with Crippen LogP contribution in [0.2, 0.25) is 5.02 Å². The summed E-state index contributed by atoms with van der Waals surface area (Å²) in [6, 6.07) is 12.8. The van der Waals surface area contributed by atoms with Gasteiger partial charge in [-0.2, -0.15) is 5.26 Å². The van der Waals surface area contributed by atoms with Crippen LogP contribution in [0.4, 0.5) is 0 Å². The molecule has 24 heavy (non-hydrogen) atoms. The summed E-state index contributed by atoms with van der Waals surface area (Å²) in [5.41, 5.74) is 2.07. The standard InChI is InChI=1S/C18H17ClN2O3/c1-3-23-17-9-13(8-16(19)18(17)22-2)11-21-24-12-15-7-5-4-6-14(15)10-20/h4-9,11H,3,12H2,1-2H3/b21-11-. The average molecular weight is 345 g/mol. The topological polar surface area (TPSA) is 63.8 Å². The molecule has 0 heterocycles. The molecule has 0 fully saturated rings. The predicted octanol–water partition coefficient (Wildman–Crippen LogP) is 4.17. The van der Waals surface area contributed by atoms with E-state index >= 15 is 0 Å². The van der Waals surface area contributed by atoms with Crippen LogP contribution in [-0.4, -0.2) is 19.9 Å². The fourth-order valence-electron chi connectivity index (χ4n) is 2.08. The van der Waals surface area contributed by atoms with Crippen molar-refractivity contribution in [2.45, 2.75) is 13.5 Å². The number of oxime groups is 1. The molecule has 124 valence electrons. The van der Waals surface area contributed by atoms with Gasteiger partial charge in [-0.1, -0.05) is 35.0 Å². The van der Waals surface area contributed by atoms with E-state index in [2.05, 4.69) is 11.2 Å². The summed E-state index contributed by atoms with van der Waals surface area (Å²) >= 11 is 6.18. The van der Waals surface area contributed by atoms with Crippen LogP contribution in [0.1, 0.15) is 23.6 Å². The summed E-state index contributed by atoms with van der Waals surface area (Å²) in [7, 11) is 1.53. The lowest BCUT2D eigenvalue weighted by Gasteiger charge is -2.11. The van der Waals surface area contributed by atoms with Gasteiger partial charge in [-0.05, 0) is 25.1 Å². The maximum atomic E-state index is 9.03. The van der Waals surface area contributed by atoms with Gasteiger partial charge in [-0.15, -0.1) is 0 Å². The molecule has 6 heteroatoms. The minimum Gasteiger partial charge on any atom is -0.491 e. The first kappa shape index (κ1) is 17.6. The summed E-state index contributed by atoms with van der Waals surface area (Å²) in [6.07, 6.45) is 1.53. The molecule has 0 radical (unpaired) electrons. The number of hydrogen-bond acceptors (Lipinski definition) is 5. The minimum atomic E-state index is 0.211. The highest BCUT2D eigenvalue weighted by Crippen LogP contribution is 2.35. The number of benzene rings is 2. The third-order valence-electron chi connectivity index (χ3n) is 3.17. The number of ether oxygens (including phenoxy) is 2. The molecule has 5 nitrogen and oxygen atoms in total. The zero-order chi connectivity index (χ0) is 17.4. The first-order valence-corrected chi connectivity index (χ1v) is 7.71. The van der Waals surface area contributed by atoms with Crippen LogP contribution in [0.5, 0.6) is 11.5 Å². The normalized spacial score (nSPS) is 10.4. The van der Waals surface area contributed by atoms with E-state index in [1.165, 1.54) is 13.3 Å². The largest absolute Gasteiger partial charge is 0.491 e. The molecule has 0 aliphatic carbocycles. The first-order chi connectivity index (χ1) is 11.7. The fourth-order valence-corrected chi connectivity index (χ4v) is 2.38. The van der Waals surface area contributed by atoms with Crippen LogP contribution in [0.25, 0.3) is 0 Å². The maximum Gasteiger partial charge on any atom is 0.179 e. The van der Waals surface area contributed by atoms with Crippen molar-refractivity contribution >= 4 is 17.8 Å². The van der Waals surface area contributed by atoms with E-state index in [0.29, 0.717) is 28.7 Å². The van der Waals surface area contributed by atoms with Gasteiger partial charge in [-0.25, -0.2) is 0 Å². The third kappa shape index (κ3) is 4.40. The molecule has 0 saturated heterocycles. The monoisotopic (exact) mass is 344 g/mol. The predicted molar refractivity (Wildman–Crippen MR) is 92.7 cm³/mol. The molecule has 0 N–H and O–H groups in total. The van der Waals surface area contributed by atoms with E-state index < -0.39 is 0 Å². The maximum absolute atomic E-state index is 9.03. The van der Waals surface area contributed by atoms with Gasteiger partial charge in [0.1, 0.15) is 6.61 Å². The van der Waals surface area contributed by atoms with Gasteiger partial charge < -0.3 is 14.3 Å². The van der Waals surface area contributed by atoms with Gasteiger partial charge >= 0.3 is 0 Å². The average Bonchev–Trinajstić information content (AvgIpc) is 2.59. The molecule has 0 unspecified atom stereocenters. The van der Waals surface area contributed by atoms with Crippen molar-refractivity contribution in [2.75, 3.05) is 13.7 Å². The fraction of sp³-hybridized carbons (Fsp3) is 0.222. The molecule has 2 aromatic rings. The second-order valence-electron chi connectivity index (χ2n) is 4.74. The molecule has 0 aliphatic heterocycles. The van der Waals surface area contributed by atoms with Crippen molar-refractivity contribution in [2.24, 2.45) is 5.16 Å². The van der Waals surface area contributed by atoms with Crippen molar-refractivity contribution in [1.29, 1.82) is 5.26 Å². The van der Waals surface area contributed by atoms with Crippen LogP contribution >= 0.6 is 11.6 Å². The van der Waals surface area contributed by atoms with E-state index in [1.807, 2.05) is 19.1 Å². The van der Waals surface area contributed by atoms with Gasteiger partial charge in [0, 0.05) is 11.1 Å². The zero-order valence-electron chi connectivity index (χ0n) is 13.5. The summed E-state index contributed by atoms with van der Waals surface area (Å²) in [6.45, 7) is 2.58. The van der Waals surface area contributed by atoms with Crippen molar-refractivity contribution in [3.05, 3.63) is 58.1 Å². The van der Waals surface area contributed by atoms with Gasteiger partial charge in [0.05, 0.1) is 36.6 Å². The lowest BCUT2D eigenvalue weighted by molar-refractivity contribution is 0.132. The Balaban J connectivity index is 2.08. The van der Waals surface area contributed by atoms with Gasteiger partial charge in [0.15, 0.2) is 11.5 Å². The molecule has 0 atom stereocenters. The van der Waals surface area contributed by atoms with E-state index in [-0.39, 0.29) is 6.61 Å². The first-order valence-electron chi connectivity index (χ1n) is 7.33. The van der Waals surface area contributed by atoms with Crippen LogP contribution in [0, 0.1) is 11.3 Å². The molecule has 0 spiro atoms. The van der Waals surface area contributed by atoms with Crippen LogP contribution in [0.15, 0.2) is 41.6 Å². The number of halogens is 1. The van der Waals surface area contributed by atoms with Gasteiger partial charge in [0.2, 0.25) is 0 Å². The van der Waals surface area contributed by atoms with E-state index in [0.717, 1.165) is 11.1 Å². The Labute approximate surface area is 146 Å². The summed E-state index contributed by atoms with van der Waals surface area (Å²) in [5.74, 6) is 1.03. The SMILES string of the molecule is CCOc1cc(/C=N\OCc2ccccc2C#N)cc(Cl)c1OC. The molecule has 2 rings (SSSR count). The Morgan fingerprint density at radius 3 is 2.79 bits per heavy atom. The Morgan fingerprint density at radius 2 is 2.08 bits per heavy atom. The van der Waals surface area contributed by atoms with Crippen LogP contribution in [-0.2, 0) is 11.4 Å². The molecule has 0 aromatic heterocycles. The van der Waals surface area contributed by atoms with Crippen LogP contribution in [0.3, 0.4) is 0 Å². The number of methoxy groups -OCH3 is 1. The molecule has 2 aromatic carbocycles. The zero-order valence-corrected chi connectivity index (χ0v) is 14.2. The van der Waals surface area contributed by atoms with E-state index in [9.17, 15) is 0 Å². The van der Waals surface area contributed by atoms with Gasteiger partial charge in [0.25, 0.3) is 0 Å². The molecular weight excluding hydrogens is 328 g/mol. The quantitative estimate of drug-likeness (QED) is 0.558. The van der Waals surface area contributed by atoms with Crippen molar-refractivity contribution in [3.8, 4) is 17.6 Å². The third-order valence-corrected chi connectivity index (χ3v) is 3.45. The number of hydrogen-bond donors (Lipinski definition) is 0. The smallest absolute Gasteiger partial charge is 0.179 e. The number of nitrogens with zero attached hydrogens (tertiary/aromatic N) is 2. The lowest BCUT2D eigenvalue weighted by atomic mass is 10.1. The number of nitriles is 1. The summed E-state index contributed by atoms with van der Waals surface area (Å²) in [5, 5.41) is 13.4. The molecule has 0 aliphatic rings. The van der Waals surface area contributed by atoms with E-state index in [1.54, 1.807) is 24.3 Å². The highest BCUT2D eigenvalue weighted by Gasteiger charge is 2.10. The second kappa shape index (κ2) is 8.80. The van der Waals surface area contributed by atoms with Gasteiger partial charge in [-0.3, -0.25) is 0 Å². The Hall–Kier alpha value is -2.71. The minimum absolute atomic E-state index is 0.211. The van der Waals surface area contributed by atoms with Crippen molar-refractivity contribution in [1.82, 2.24) is 0 Å². The Morgan fingerprint density at radius 1 is 1.29 bits per heavy atom. The van der Waals surface area contributed by atoms with E-state index in [4.69, 9.17) is 31.2 Å². The highest BCUT2D eigenvalue weighted by atomic mass is 35.5. The summed E-state index contributed by atoms with van der Waals surface area (Å²) < 4.78 is 10.7. The highest BCUT2D eigenvalue weighted by molar-refractivity contribution is 6.32. The van der Waals surface area contributed by atoms with Crippen LogP contribution < -0.4 is 9.47 Å². The van der Waals surface area contributed by atoms with Crippen molar-refractivity contribution < 1.29 is 14.3 Å². The number of rotatable bonds is 7. The Kier molecular flexibility index (Phi) is 6.47. The van der Waals surface area contributed by atoms with Crippen molar-refractivity contribution in [3.63, 3.8) is 0 Å². The lowest BCUT2D eigenvalue weighted by Crippen LogP contribution is -1.98. The molecular formula is C18H17ClN2O3. The second-order valence-corrected chi connectivity index (χ2v) is 5.15. The summed E-state index contributed by atoms with van der Waals surface area (Å²) in [4.78, 5) is 5.27. The molecule has 0 amide bonds.